The van der Waals surface area contributed by atoms with Crippen LogP contribution in [0.1, 0.15) is 61.3 Å². The number of aryl methyl sites for hydroxylation is 1. The van der Waals surface area contributed by atoms with Crippen molar-refractivity contribution in [2.45, 2.75) is 57.9 Å². The standard InChI is InChI=1S/C30H35NO6/c1-19-14-30(33)37-26-16-22(9-10-23(19)26)36-18-25-24-17-28(35-3)27(34-2)15-21(24)12-13-31(25)29(32)11-8-20-6-4-5-7-20/h9-10,14-17,20,25H,4-8,11-13,18H2,1-3H3/t25-/m0/s1. The summed E-state index contributed by atoms with van der Waals surface area (Å²) in [5, 5.41) is 0.871. The average Bonchev–Trinajstić information content (AvgIpc) is 3.42. The Kier molecular flexibility index (Phi) is 7.40. The zero-order chi connectivity index (χ0) is 25.9. The molecule has 0 unspecified atom stereocenters. The van der Waals surface area contributed by atoms with Gasteiger partial charge in [-0.15, -0.1) is 0 Å². The fourth-order valence-electron chi connectivity index (χ4n) is 5.85. The highest BCUT2D eigenvalue weighted by atomic mass is 16.5. The number of rotatable bonds is 8. The molecule has 0 radical (unpaired) electrons. The van der Waals surface area contributed by atoms with Crippen molar-refractivity contribution in [3.8, 4) is 17.2 Å². The van der Waals surface area contributed by atoms with E-state index >= 15 is 0 Å². The van der Waals surface area contributed by atoms with E-state index in [1.165, 1.54) is 31.7 Å². The zero-order valence-electron chi connectivity index (χ0n) is 21.9. The van der Waals surface area contributed by atoms with Gasteiger partial charge in [-0.3, -0.25) is 4.79 Å². The molecule has 1 atom stereocenters. The van der Waals surface area contributed by atoms with Crippen molar-refractivity contribution in [2.24, 2.45) is 5.92 Å². The summed E-state index contributed by atoms with van der Waals surface area (Å²) in [4.78, 5) is 27.3. The van der Waals surface area contributed by atoms with Gasteiger partial charge < -0.3 is 23.5 Å². The van der Waals surface area contributed by atoms with E-state index in [0.717, 1.165) is 34.9 Å². The molecule has 0 spiro atoms. The molecule has 7 heteroatoms. The zero-order valence-corrected chi connectivity index (χ0v) is 21.9. The first-order valence-electron chi connectivity index (χ1n) is 13.2. The fourth-order valence-corrected chi connectivity index (χ4v) is 5.85. The van der Waals surface area contributed by atoms with E-state index in [1.807, 2.05) is 36.1 Å². The van der Waals surface area contributed by atoms with Crippen LogP contribution in [0.4, 0.5) is 0 Å². The molecule has 1 fully saturated rings. The van der Waals surface area contributed by atoms with Crippen molar-refractivity contribution in [3.05, 3.63) is 63.5 Å². The second-order valence-electron chi connectivity index (χ2n) is 10.2. The topological polar surface area (TPSA) is 78.2 Å². The van der Waals surface area contributed by atoms with Crippen LogP contribution in [0.15, 0.2) is 45.6 Å². The van der Waals surface area contributed by atoms with Crippen molar-refractivity contribution >= 4 is 16.9 Å². The lowest BCUT2D eigenvalue weighted by Gasteiger charge is -2.38. The molecule has 0 N–H and O–H groups in total. The molecule has 2 aliphatic rings. The van der Waals surface area contributed by atoms with Crippen molar-refractivity contribution in [2.75, 3.05) is 27.4 Å². The Morgan fingerprint density at radius 3 is 2.57 bits per heavy atom. The highest BCUT2D eigenvalue weighted by Crippen LogP contribution is 2.39. The molecular weight excluding hydrogens is 470 g/mol. The van der Waals surface area contributed by atoms with Crippen LogP contribution >= 0.6 is 0 Å². The smallest absolute Gasteiger partial charge is 0.336 e. The van der Waals surface area contributed by atoms with Gasteiger partial charge in [0.2, 0.25) is 5.91 Å². The Balaban J connectivity index is 1.42. The molecule has 2 aromatic carbocycles. The maximum absolute atomic E-state index is 13.5. The van der Waals surface area contributed by atoms with E-state index < -0.39 is 0 Å². The van der Waals surface area contributed by atoms with Gasteiger partial charge in [-0.2, -0.15) is 0 Å². The molecule has 2 heterocycles. The van der Waals surface area contributed by atoms with Gasteiger partial charge in [0.1, 0.15) is 17.9 Å². The number of benzene rings is 2. The fraction of sp³-hybridized carbons (Fsp3) is 0.467. The predicted octanol–water partition coefficient (Wildman–Crippen LogP) is 5.59. The molecule has 1 aromatic heterocycles. The molecule has 37 heavy (non-hydrogen) atoms. The number of hydrogen-bond donors (Lipinski definition) is 0. The van der Waals surface area contributed by atoms with Gasteiger partial charge in [0.15, 0.2) is 11.5 Å². The van der Waals surface area contributed by atoms with Gasteiger partial charge in [-0.05, 0) is 66.6 Å². The van der Waals surface area contributed by atoms with Crippen LogP contribution < -0.4 is 19.8 Å². The highest BCUT2D eigenvalue weighted by Gasteiger charge is 2.33. The Hall–Kier alpha value is -3.48. The first-order chi connectivity index (χ1) is 18.0. The lowest BCUT2D eigenvalue weighted by atomic mass is 9.91. The van der Waals surface area contributed by atoms with Crippen LogP contribution in [-0.2, 0) is 11.2 Å². The molecule has 3 aromatic rings. The summed E-state index contributed by atoms with van der Waals surface area (Å²) in [7, 11) is 3.25. The monoisotopic (exact) mass is 505 g/mol. The van der Waals surface area contributed by atoms with Gasteiger partial charge >= 0.3 is 5.63 Å². The predicted molar refractivity (Wildman–Crippen MR) is 142 cm³/mol. The normalized spacial score (nSPS) is 17.6. The second-order valence-corrected chi connectivity index (χ2v) is 10.2. The van der Waals surface area contributed by atoms with E-state index in [-0.39, 0.29) is 24.2 Å². The molecule has 7 nitrogen and oxygen atoms in total. The molecule has 196 valence electrons. The highest BCUT2D eigenvalue weighted by molar-refractivity contribution is 5.81. The lowest BCUT2D eigenvalue weighted by Crippen LogP contribution is -2.42. The van der Waals surface area contributed by atoms with Crippen molar-refractivity contribution < 1.29 is 23.4 Å². The number of hydrogen-bond acceptors (Lipinski definition) is 6. The summed E-state index contributed by atoms with van der Waals surface area (Å²) in [6, 6.07) is 10.7. The summed E-state index contributed by atoms with van der Waals surface area (Å²) in [5.74, 6) is 2.74. The quantitative estimate of drug-likeness (QED) is 0.371. The molecule has 1 amide bonds. The Labute approximate surface area is 217 Å². The van der Waals surface area contributed by atoms with E-state index in [4.69, 9.17) is 18.6 Å². The molecule has 1 saturated carbocycles. The Morgan fingerprint density at radius 2 is 1.81 bits per heavy atom. The van der Waals surface area contributed by atoms with E-state index in [0.29, 0.717) is 41.7 Å². The van der Waals surface area contributed by atoms with Crippen LogP contribution in [0.5, 0.6) is 17.2 Å². The molecule has 0 saturated heterocycles. The average molecular weight is 506 g/mol. The maximum atomic E-state index is 13.5. The van der Waals surface area contributed by atoms with Gasteiger partial charge in [-0.1, -0.05) is 25.7 Å². The molecular formula is C30H35NO6. The minimum absolute atomic E-state index is 0.168. The lowest BCUT2D eigenvalue weighted by molar-refractivity contribution is -0.135. The van der Waals surface area contributed by atoms with E-state index in [1.54, 1.807) is 20.3 Å². The third-order valence-electron chi connectivity index (χ3n) is 7.89. The Bertz CT molecular complexity index is 1340. The van der Waals surface area contributed by atoms with Gasteiger partial charge in [-0.25, -0.2) is 4.79 Å². The van der Waals surface area contributed by atoms with E-state index in [9.17, 15) is 9.59 Å². The molecule has 1 aliphatic heterocycles. The summed E-state index contributed by atoms with van der Waals surface area (Å²) < 4.78 is 22.8. The number of methoxy groups -OCH3 is 2. The minimum atomic E-state index is -0.386. The van der Waals surface area contributed by atoms with Gasteiger partial charge in [0, 0.05) is 30.5 Å². The first-order valence-corrected chi connectivity index (χ1v) is 13.2. The van der Waals surface area contributed by atoms with Gasteiger partial charge in [0.05, 0.1) is 20.3 Å². The number of amides is 1. The van der Waals surface area contributed by atoms with Crippen molar-refractivity contribution in [1.29, 1.82) is 0 Å². The SMILES string of the molecule is COc1cc2c(cc1OC)[C@H](COc1ccc3c(C)cc(=O)oc3c1)N(C(=O)CCC1CCCC1)CC2. The van der Waals surface area contributed by atoms with Crippen LogP contribution in [0.3, 0.4) is 0 Å². The molecule has 1 aliphatic carbocycles. The molecule has 5 rings (SSSR count). The van der Waals surface area contributed by atoms with Crippen LogP contribution in [-0.4, -0.2) is 38.2 Å². The number of fused-ring (bicyclic) bond motifs is 2. The molecule has 0 bridgehead atoms. The number of ether oxygens (including phenoxy) is 3. The first kappa shape index (κ1) is 25.2. The second kappa shape index (κ2) is 10.9. The summed E-state index contributed by atoms with van der Waals surface area (Å²) in [6.07, 6.45) is 7.28. The van der Waals surface area contributed by atoms with Crippen LogP contribution in [0.25, 0.3) is 11.0 Å². The minimum Gasteiger partial charge on any atom is -0.493 e. The summed E-state index contributed by atoms with van der Waals surface area (Å²) in [6.45, 7) is 2.79. The Morgan fingerprint density at radius 1 is 1.05 bits per heavy atom. The van der Waals surface area contributed by atoms with Gasteiger partial charge in [0.25, 0.3) is 0 Å². The van der Waals surface area contributed by atoms with E-state index in [2.05, 4.69) is 0 Å². The van der Waals surface area contributed by atoms with Crippen LogP contribution in [0, 0.1) is 12.8 Å². The third-order valence-corrected chi connectivity index (χ3v) is 7.89. The summed E-state index contributed by atoms with van der Waals surface area (Å²) >= 11 is 0. The maximum Gasteiger partial charge on any atom is 0.336 e. The third kappa shape index (κ3) is 5.31. The number of carbonyl (C=O) groups is 1. The van der Waals surface area contributed by atoms with Crippen molar-refractivity contribution in [1.82, 2.24) is 4.90 Å². The summed E-state index contributed by atoms with van der Waals surface area (Å²) in [5.41, 5.74) is 3.11. The largest absolute Gasteiger partial charge is 0.493 e. The number of carbonyl (C=O) groups excluding carboxylic acids is 1. The van der Waals surface area contributed by atoms with Crippen molar-refractivity contribution in [3.63, 3.8) is 0 Å². The number of nitrogens with zero attached hydrogens (tertiary/aromatic N) is 1. The van der Waals surface area contributed by atoms with Crippen LogP contribution in [0.2, 0.25) is 0 Å².